The lowest BCUT2D eigenvalue weighted by Gasteiger charge is -1.91. The van der Waals surface area contributed by atoms with Crippen molar-refractivity contribution >= 4 is 5.78 Å². The van der Waals surface area contributed by atoms with Crippen molar-refractivity contribution in [3.63, 3.8) is 0 Å². The molecule has 1 aliphatic carbocycles. The lowest BCUT2D eigenvalue weighted by Crippen LogP contribution is -1.84. The van der Waals surface area contributed by atoms with Crippen LogP contribution < -0.4 is 0 Å². The van der Waals surface area contributed by atoms with Gasteiger partial charge >= 0.3 is 0 Å². The molecule has 1 fully saturated rings. The zero-order chi connectivity index (χ0) is 9.40. The van der Waals surface area contributed by atoms with E-state index in [4.69, 9.17) is 0 Å². The molecule has 0 radical (unpaired) electrons. The Morgan fingerprint density at radius 1 is 1.33 bits per heavy atom. The van der Waals surface area contributed by atoms with Crippen molar-refractivity contribution in [1.82, 2.24) is 0 Å². The lowest BCUT2D eigenvalue weighted by molar-refractivity contribution is -0.117. The van der Waals surface area contributed by atoms with E-state index in [2.05, 4.69) is 6.92 Å². The minimum atomic E-state index is 0.289. The molecule has 0 amide bonds. The molecule has 0 heterocycles. The highest BCUT2D eigenvalue weighted by Crippen LogP contribution is 2.22. The van der Waals surface area contributed by atoms with Gasteiger partial charge in [-0.3, -0.25) is 0 Å². The van der Waals surface area contributed by atoms with Gasteiger partial charge in [0.2, 0.25) is 0 Å². The summed E-state index contributed by atoms with van der Waals surface area (Å²) in [7, 11) is 0. The summed E-state index contributed by atoms with van der Waals surface area (Å²) in [4.78, 5) is 10.0. The summed E-state index contributed by atoms with van der Waals surface area (Å²) in [6.45, 7) is 5.96. The fourth-order valence-corrected chi connectivity index (χ4v) is 1.48. The number of ketones is 1. The van der Waals surface area contributed by atoms with Crippen molar-refractivity contribution in [2.75, 3.05) is 0 Å². The van der Waals surface area contributed by atoms with E-state index >= 15 is 0 Å². The second-order valence-corrected chi connectivity index (χ2v) is 3.84. The fourth-order valence-electron chi connectivity index (χ4n) is 1.48. The van der Waals surface area contributed by atoms with Crippen molar-refractivity contribution < 1.29 is 4.79 Å². The summed E-state index contributed by atoms with van der Waals surface area (Å²) in [6.07, 6.45) is 7.66. The molecule has 0 N–H and O–H groups in total. The molecule has 1 heteroatoms. The molecule has 0 aromatic rings. The Labute approximate surface area is 76.6 Å². The summed E-state index contributed by atoms with van der Waals surface area (Å²) < 4.78 is 0. The summed E-state index contributed by atoms with van der Waals surface area (Å²) >= 11 is 0. The highest BCUT2D eigenvalue weighted by Gasteiger charge is 2.07. The van der Waals surface area contributed by atoms with Crippen LogP contribution >= 0.6 is 0 Å². The highest BCUT2D eigenvalue weighted by atomic mass is 16.1. The number of rotatable bonds is 2. The van der Waals surface area contributed by atoms with Crippen molar-refractivity contribution in [1.29, 1.82) is 0 Å². The number of carbonyl (C=O) groups excluding carboxylic acids is 1. The lowest BCUT2D eigenvalue weighted by atomic mass is 10.2. The molecular weight excluding hydrogens is 148 g/mol. The van der Waals surface area contributed by atoms with Crippen molar-refractivity contribution in [3.05, 3.63) is 0 Å². The molecule has 0 bridgehead atoms. The van der Waals surface area contributed by atoms with E-state index in [9.17, 15) is 4.79 Å². The Balaban J connectivity index is 0.000000202. The first-order valence-corrected chi connectivity index (χ1v) is 5.16. The van der Waals surface area contributed by atoms with E-state index in [1.165, 1.54) is 25.7 Å². The van der Waals surface area contributed by atoms with Gasteiger partial charge in [0, 0.05) is 6.42 Å². The van der Waals surface area contributed by atoms with Gasteiger partial charge < -0.3 is 4.79 Å². The van der Waals surface area contributed by atoms with Gasteiger partial charge in [-0.2, -0.15) is 0 Å². The topological polar surface area (TPSA) is 17.1 Å². The van der Waals surface area contributed by atoms with Gasteiger partial charge in [0.25, 0.3) is 0 Å². The summed E-state index contributed by atoms with van der Waals surface area (Å²) in [5, 5.41) is 0. The summed E-state index contributed by atoms with van der Waals surface area (Å²) in [5.74, 6) is 1.34. The minimum absolute atomic E-state index is 0.289. The zero-order valence-electron chi connectivity index (χ0n) is 8.73. The summed E-state index contributed by atoms with van der Waals surface area (Å²) in [6, 6.07) is 0. The Morgan fingerprint density at radius 3 is 1.92 bits per heavy atom. The highest BCUT2D eigenvalue weighted by molar-refractivity contribution is 5.75. The van der Waals surface area contributed by atoms with Crippen LogP contribution in [0.5, 0.6) is 0 Å². The van der Waals surface area contributed by atoms with Gasteiger partial charge in [-0.05, 0) is 19.3 Å². The maximum absolute atomic E-state index is 10.0. The zero-order valence-corrected chi connectivity index (χ0v) is 8.73. The second-order valence-electron chi connectivity index (χ2n) is 3.84. The molecule has 0 aromatic carbocycles. The standard InChI is InChI=1S/C6H12.C5H10O/c1-6-4-2-3-5-6;1-3-4-5(2)6/h6H,2-5H2,1H3;3-4H2,1-2H3. The van der Waals surface area contributed by atoms with Crippen LogP contribution in [0.1, 0.15) is 59.3 Å². The molecule has 0 atom stereocenters. The average Bonchev–Trinajstić information content (AvgIpc) is 2.40. The SMILES string of the molecule is CC1CCCC1.CCCC(C)=O. The van der Waals surface area contributed by atoms with Crippen LogP contribution in [-0.2, 0) is 4.79 Å². The number of hydrogen-bond donors (Lipinski definition) is 0. The van der Waals surface area contributed by atoms with Crippen LogP contribution in [0.3, 0.4) is 0 Å². The van der Waals surface area contributed by atoms with E-state index in [0.29, 0.717) is 0 Å². The largest absolute Gasteiger partial charge is 0.300 e. The predicted octanol–water partition coefficient (Wildman–Crippen LogP) is 3.57. The molecule has 0 saturated heterocycles. The molecule has 0 spiro atoms. The molecule has 0 aliphatic heterocycles. The van der Waals surface area contributed by atoms with Gasteiger partial charge in [0.1, 0.15) is 5.78 Å². The first-order valence-electron chi connectivity index (χ1n) is 5.16. The molecule has 1 rings (SSSR count). The van der Waals surface area contributed by atoms with Gasteiger partial charge in [-0.25, -0.2) is 0 Å². The third kappa shape index (κ3) is 7.77. The normalized spacial score (nSPS) is 16.9. The van der Waals surface area contributed by atoms with Crippen LogP contribution in [0.25, 0.3) is 0 Å². The quantitative estimate of drug-likeness (QED) is 0.619. The first-order chi connectivity index (χ1) is 5.66. The number of Topliss-reactive ketones (excluding diaryl/α,β-unsaturated/α-hetero) is 1. The molecule has 12 heavy (non-hydrogen) atoms. The van der Waals surface area contributed by atoms with Crippen LogP contribution in [0.4, 0.5) is 0 Å². The van der Waals surface area contributed by atoms with Crippen LogP contribution in [0.2, 0.25) is 0 Å². The molecule has 72 valence electrons. The maximum Gasteiger partial charge on any atom is 0.129 e. The first kappa shape index (κ1) is 11.7. The van der Waals surface area contributed by atoms with E-state index in [1.54, 1.807) is 6.92 Å². The Hall–Kier alpha value is -0.330. The number of carbonyl (C=O) groups is 1. The summed E-state index contributed by atoms with van der Waals surface area (Å²) in [5.41, 5.74) is 0. The molecule has 0 unspecified atom stereocenters. The van der Waals surface area contributed by atoms with Gasteiger partial charge in [0.05, 0.1) is 0 Å². The van der Waals surface area contributed by atoms with Crippen molar-refractivity contribution in [2.45, 2.75) is 59.3 Å². The molecule has 1 saturated carbocycles. The van der Waals surface area contributed by atoms with E-state index in [1.807, 2.05) is 6.92 Å². The molecule has 1 nitrogen and oxygen atoms in total. The van der Waals surface area contributed by atoms with Crippen molar-refractivity contribution in [3.8, 4) is 0 Å². The van der Waals surface area contributed by atoms with Gasteiger partial charge in [-0.1, -0.05) is 39.5 Å². The Bertz CT molecular complexity index is 112. The van der Waals surface area contributed by atoms with Crippen LogP contribution in [0.15, 0.2) is 0 Å². The van der Waals surface area contributed by atoms with Crippen LogP contribution in [0, 0.1) is 5.92 Å². The smallest absolute Gasteiger partial charge is 0.129 e. The van der Waals surface area contributed by atoms with E-state index < -0.39 is 0 Å². The molecule has 1 aliphatic rings. The second kappa shape index (κ2) is 7.33. The van der Waals surface area contributed by atoms with Crippen molar-refractivity contribution in [2.24, 2.45) is 5.92 Å². The Kier molecular flexibility index (Phi) is 7.12. The minimum Gasteiger partial charge on any atom is -0.300 e. The fraction of sp³-hybridized carbons (Fsp3) is 0.909. The van der Waals surface area contributed by atoms with E-state index in [-0.39, 0.29) is 5.78 Å². The predicted molar refractivity (Wildman–Crippen MR) is 53.2 cm³/mol. The third-order valence-electron chi connectivity index (χ3n) is 2.25. The van der Waals surface area contributed by atoms with Gasteiger partial charge in [0.15, 0.2) is 0 Å². The average molecular weight is 170 g/mol. The van der Waals surface area contributed by atoms with E-state index in [0.717, 1.165) is 18.8 Å². The molecular formula is C11H22O. The van der Waals surface area contributed by atoms with Gasteiger partial charge in [-0.15, -0.1) is 0 Å². The number of hydrogen-bond acceptors (Lipinski definition) is 1. The monoisotopic (exact) mass is 170 g/mol. The molecule has 0 aromatic heterocycles. The maximum atomic E-state index is 10.0. The third-order valence-corrected chi connectivity index (χ3v) is 2.25. The van der Waals surface area contributed by atoms with Crippen LogP contribution in [-0.4, -0.2) is 5.78 Å². The Morgan fingerprint density at radius 2 is 1.83 bits per heavy atom.